The smallest absolute Gasteiger partial charge is 0.0348 e. The maximum absolute atomic E-state index is 2.45. The van der Waals surface area contributed by atoms with E-state index in [9.17, 15) is 0 Å². The molecular formula is C23H46. The van der Waals surface area contributed by atoms with Crippen LogP contribution < -0.4 is 0 Å². The van der Waals surface area contributed by atoms with Crippen molar-refractivity contribution in [2.24, 2.45) is 5.92 Å². The fourth-order valence-electron chi connectivity index (χ4n) is 3.38. The molecule has 0 radical (unpaired) electrons. The van der Waals surface area contributed by atoms with E-state index in [4.69, 9.17) is 0 Å². The summed E-state index contributed by atoms with van der Waals surface area (Å²) in [6, 6.07) is 0. The Bertz CT molecular complexity index is 228. The molecule has 0 saturated heterocycles. The van der Waals surface area contributed by atoms with E-state index in [1.165, 1.54) is 109 Å². The molecule has 0 rings (SSSR count). The standard InChI is InChI=1S/C23H46/c1-4-7-9-11-13-15-17-19-21-23(6-3)22-20-18-16-14-12-10-8-5-2/h15,17,23H,4-14,16,18-22H2,1-3H3/b17-15+. The van der Waals surface area contributed by atoms with Crippen molar-refractivity contribution < 1.29 is 0 Å². The lowest BCUT2D eigenvalue weighted by Gasteiger charge is -2.13. The van der Waals surface area contributed by atoms with E-state index in [-0.39, 0.29) is 0 Å². The van der Waals surface area contributed by atoms with Gasteiger partial charge in [-0.2, -0.15) is 0 Å². The summed E-state index contributed by atoms with van der Waals surface area (Å²) in [5.74, 6) is 0.972. The predicted octanol–water partition coefficient (Wildman–Crippen LogP) is 8.85. The van der Waals surface area contributed by atoms with Gasteiger partial charge in [-0.05, 0) is 31.6 Å². The third kappa shape index (κ3) is 17.9. The minimum atomic E-state index is 0.972. The van der Waals surface area contributed by atoms with Crippen LogP contribution in [0.1, 0.15) is 130 Å². The van der Waals surface area contributed by atoms with E-state index >= 15 is 0 Å². The largest absolute Gasteiger partial charge is 0.0885 e. The molecule has 0 fully saturated rings. The minimum absolute atomic E-state index is 0.972. The lowest BCUT2D eigenvalue weighted by Crippen LogP contribution is -1.98. The van der Waals surface area contributed by atoms with Crippen molar-refractivity contribution in [2.75, 3.05) is 0 Å². The molecule has 0 saturated carbocycles. The molecule has 0 aliphatic rings. The molecule has 1 atom stereocenters. The van der Waals surface area contributed by atoms with Crippen molar-refractivity contribution >= 4 is 0 Å². The zero-order valence-electron chi connectivity index (χ0n) is 16.8. The zero-order chi connectivity index (χ0) is 17.0. The predicted molar refractivity (Wildman–Crippen MR) is 108 cm³/mol. The maximum atomic E-state index is 2.45. The average Bonchev–Trinajstić information content (AvgIpc) is 2.57. The van der Waals surface area contributed by atoms with Gasteiger partial charge in [0.25, 0.3) is 0 Å². The molecule has 0 spiro atoms. The van der Waals surface area contributed by atoms with E-state index in [2.05, 4.69) is 32.9 Å². The third-order valence-electron chi connectivity index (χ3n) is 5.18. The molecule has 0 amide bonds. The second kappa shape index (κ2) is 19.8. The second-order valence-corrected chi connectivity index (χ2v) is 7.44. The van der Waals surface area contributed by atoms with Gasteiger partial charge in [0.1, 0.15) is 0 Å². The Labute approximate surface area is 148 Å². The van der Waals surface area contributed by atoms with Crippen LogP contribution in [0.2, 0.25) is 0 Å². The van der Waals surface area contributed by atoms with E-state index in [1.54, 1.807) is 0 Å². The summed E-state index contributed by atoms with van der Waals surface area (Å²) in [6.45, 7) is 6.96. The van der Waals surface area contributed by atoms with Crippen molar-refractivity contribution in [1.82, 2.24) is 0 Å². The Morgan fingerprint density at radius 2 is 1.04 bits per heavy atom. The summed E-state index contributed by atoms with van der Waals surface area (Å²) in [4.78, 5) is 0. The fraction of sp³-hybridized carbons (Fsp3) is 0.913. The summed E-state index contributed by atoms with van der Waals surface area (Å²) in [5, 5.41) is 0. The summed E-state index contributed by atoms with van der Waals surface area (Å²) in [6.07, 6.45) is 28.9. The minimum Gasteiger partial charge on any atom is -0.0885 e. The molecule has 0 aliphatic carbocycles. The average molecular weight is 323 g/mol. The van der Waals surface area contributed by atoms with Crippen LogP contribution in [0.3, 0.4) is 0 Å². The Kier molecular flexibility index (Phi) is 19.6. The van der Waals surface area contributed by atoms with Gasteiger partial charge in [0.05, 0.1) is 0 Å². The van der Waals surface area contributed by atoms with Gasteiger partial charge in [-0.3, -0.25) is 0 Å². The first kappa shape index (κ1) is 22.7. The van der Waals surface area contributed by atoms with E-state index in [0.717, 1.165) is 5.92 Å². The molecular weight excluding hydrogens is 276 g/mol. The molecule has 138 valence electrons. The molecule has 0 aromatic rings. The lowest BCUT2D eigenvalue weighted by molar-refractivity contribution is 0.414. The first-order valence-corrected chi connectivity index (χ1v) is 11.0. The number of unbranched alkanes of at least 4 members (excludes halogenated alkanes) is 11. The van der Waals surface area contributed by atoms with Crippen LogP contribution in [0.5, 0.6) is 0 Å². The SMILES string of the molecule is CCCCCC/C=C/CCC(CC)CCCCCCCCCC. The third-order valence-corrected chi connectivity index (χ3v) is 5.18. The Morgan fingerprint density at radius 1 is 0.522 bits per heavy atom. The van der Waals surface area contributed by atoms with Crippen molar-refractivity contribution in [3.05, 3.63) is 12.2 Å². The highest BCUT2D eigenvalue weighted by molar-refractivity contribution is 4.82. The summed E-state index contributed by atoms with van der Waals surface area (Å²) >= 11 is 0. The fourth-order valence-corrected chi connectivity index (χ4v) is 3.38. The van der Waals surface area contributed by atoms with Crippen LogP contribution in [0.15, 0.2) is 12.2 Å². The quantitative estimate of drug-likeness (QED) is 0.174. The molecule has 0 heterocycles. The molecule has 0 aliphatic heterocycles. The van der Waals surface area contributed by atoms with Gasteiger partial charge in [-0.1, -0.05) is 116 Å². The number of hydrogen-bond donors (Lipinski definition) is 0. The second-order valence-electron chi connectivity index (χ2n) is 7.44. The van der Waals surface area contributed by atoms with Crippen LogP contribution >= 0.6 is 0 Å². The van der Waals surface area contributed by atoms with Gasteiger partial charge in [0.15, 0.2) is 0 Å². The number of hydrogen-bond acceptors (Lipinski definition) is 0. The number of allylic oxidation sites excluding steroid dienone is 2. The Hall–Kier alpha value is -0.260. The van der Waals surface area contributed by atoms with E-state index in [0.29, 0.717) is 0 Å². The molecule has 0 N–H and O–H groups in total. The van der Waals surface area contributed by atoms with Crippen LogP contribution in [-0.2, 0) is 0 Å². The molecule has 23 heavy (non-hydrogen) atoms. The van der Waals surface area contributed by atoms with Gasteiger partial charge in [-0.15, -0.1) is 0 Å². The van der Waals surface area contributed by atoms with Gasteiger partial charge >= 0.3 is 0 Å². The zero-order valence-corrected chi connectivity index (χ0v) is 16.8. The maximum Gasteiger partial charge on any atom is -0.0348 e. The van der Waals surface area contributed by atoms with Gasteiger partial charge in [-0.25, -0.2) is 0 Å². The van der Waals surface area contributed by atoms with Crippen molar-refractivity contribution in [2.45, 2.75) is 130 Å². The van der Waals surface area contributed by atoms with Crippen LogP contribution in [0.4, 0.5) is 0 Å². The van der Waals surface area contributed by atoms with E-state index in [1.807, 2.05) is 0 Å². The number of rotatable bonds is 18. The molecule has 0 heteroatoms. The molecule has 0 aromatic carbocycles. The molecule has 0 aromatic heterocycles. The highest BCUT2D eigenvalue weighted by Gasteiger charge is 2.04. The van der Waals surface area contributed by atoms with Crippen LogP contribution in [0, 0.1) is 5.92 Å². The molecule has 0 nitrogen and oxygen atoms in total. The van der Waals surface area contributed by atoms with Crippen molar-refractivity contribution in [3.8, 4) is 0 Å². The monoisotopic (exact) mass is 322 g/mol. The lowest BCUT2D eigenvalue weighted by atomic mass is 9.93. The highest BCUT2D eigenvalue weighted by Crippen LogP contribution is 2.20. The summed E-state index contributed by atoms with van der Waals surface area (Å²) in [5.41, 5.74) is 0. The molecule has 0 bridgehead atoms. The summed E-state index contributed by atoms with van der Waals surface area (Å²) < 4.78 is 0. The van der Waals surface area contributed by atoms with Gasteiger partial charge in [0, 0.05) is 0 Å². The Balaban J connectivity index is 3.39. The topological polar surface area (TPSA) is 0 Å². The van der Waals surface area contributed by atoms with Crippen molar-refractivity contribution in [3.63, 3.8) is 0 Å². The van der Waals surface area contributed by atoms with Crippen molar-refractivity contribution in [1.29, 1.82) is 0 Å². The van der Waals surface area contributed by atoms with Gasteiger partial charge < -0.3 is 0 Å². The van der Waals surface area contributed by atoms with Crippen LogP contribution in [-0.4, -0.2) is 0 Å². The highest BCUT2D eigenvalue weighted by atomic mass is 14.1. The first-order valence-electron chi connectivity index (χ1n) is 11.0. The summed E-state index contributed by atoms with van der Waals surface area (Å²) in [7, 11) is 0. The van der Waals surface area contributed by atoms with Crippen LogP contribution in [0.25, 0.3) is 0 Å². The normalized spacial score (nSPS) is 13.0. The molecule has 1 unspecified atom stereocenters. The Morgan fingerprint density at radius 3 is 1.65 bits per heavy atom. The van der Waals surface area contributed by atoms with Gasteiger partial charge in [0.2, 0.25) is 0 Å². The van der Waals surface area contributed by atoms with E-state index < -0.39 is 0 Å². The first-order chi connectivity index (χ1) is 11.3.